The number of hydrogen-bond donors (Lipinski definition) is 0. The van der Waals surface area contributed by atoms with E-state index in [2.05, 4.69) is 33.0 Å². The SMILES string of the molecule is CCN(CC1CN(Cc2ccc(C#N)cc2)CCO1)c1cccnn1. The smallest absolute Gasteiger partial charge is 0.151 e. The highest BCUT2D eigenvalue weighted by molar-refractivity contribution is 5.36. The first-order chi connectivity index (χ1) is 12.3. The molecule has 3 rings (SSSR count). The van der Waals surface area contributed by atoms with Crippen molar-refractivity contribution in [2.75, 3.05) is 37.7 Å². The van der Waals surface area contributed by atoms with Crippen LogP contribution >= 0.6 is 0 Å². The number of morpholine rings is 1. The van der Waals surface area contributed by atoms with Crippen LogP contribution in [-0.2, 0) is 11.3 Å². The maximum Gasteiger partial charge on any atom is 0.151 e. The molecule has 1 saturated heterocycles. The van der Waals surface area contributed by atoms with Crippen LogP contribution in [0, 0.1) is 11.3 Å². The molecule has 2 heterocycles. The number of hydrogen-bond acceptors (Lipinski definition) is 6. The van der Waals surface area contributed by atoms with Crippen molar-refractivity contribution in [1.82, 2.24) is 15.1 Å². The first-order valence-corrected chi connectivity index (χ1v) is 8.64. The van der Waals surface area contributed by atoms with Gasteiger partial charge in [-0.1, -0.05) is 12.1 Å². The number of nitrogens with zero attached hydrogens (tertiary/aromatic N) is 5. The number of benzene rings is 1. The van der Waals surface area contributed by atoms with Crippen molar-refractivity contribution in [1.29, 1.82) is 5.26 Å². The highest BCUT2D eigenvalue weighted by Gasteiger charge is 2.23. The lowest BCUT2D eigenvalue weighted by atomic mass is 10.1. The van der Waals surface area contributed by atoms with E-state index >= 15 is 0 Å². The lowest BCUT2D eigenvalue weighted by Crippen LogP contribution is -2.47. The van der Waals surface area contributed by atoms with Gasteiger partial charge in [-0.05, 0) is 36.8 Å². The fraction of sp³-hybridized carbons (Fsp3) is 0.421. The van der Waals surface area contributed by atoms with Crippen LogP contribution in [0.3, 0.4) is 0 Å². The van der Waals surface area contributed by atoms with Crippen LogP contribution in [0.4, 0.5) is 5.82 Å². The van der Waals surface area contributed by atoms with E-state index in [0.717, 1.165) is 45.1 Å². The summed E-state index contributed by atoms with van der Waals surface area (Å²) < 4.78 is 5.96. The Labute approximate surface area is 148 Å². The van der Waals surface area contributed by atoms with E-state index in [-0.39, 0.29) is 6.10 Å². The minimum Gasteiger partial charge on any atom is -0.374 e. The average molecular weight is 337 g/mol. The minimum atomic E-state index is 0.147. The summed E-state index contributed by atoms with van der Waals surface area (Å²) in [6.45, 7) is 7.21. The van der Waals surface area contributed by atoms with Crippen LogP contribution in [-0.4, -0.2) is 54.0 Å². The van der Waals surface area contributed by atoms with Crippen LogP contribution in [0.2, 0.25) is 0 Å². The zero-order chi connectivity index (χ0) is 17.5. The highest BCUT2D eigenvalue weighted by Crippen LogP contribution is 2.15. The molecule has 1 aliphatic rings. The van der Waals surface area contributed by atoms with Crippen molar-refractivity contribution in [3.63, 3.8) is 0 Å². The summed E-state index contributed by atoms with van der Waals surface area (Å²) in [5.41, 5.74) is 1.92. The van der Waals surface area contributed by atoms with Gasteiger partial charge < -0.3 is 9.64 Å². The molecule has 130 valence electrons. The standard InChI is InChI=1S/C19H23N5O/c1-2-24(19-4-3-9-21-22-19)15-18-14-23(10-11-25-18)13-17-7-5-16(12-20)6-8-17/h3-9,18H,2,10-11,13-15H2,1H3. The normalized spacial score (nSPS) is 17.8. The molecule has 1 aliphatic heterocycles. The third-order valence-electron chi connectivity index (χ3n) is 4.40. The molecule has 0 N–H and O–H groups in total. The van der Waals surface area contributed by atoms with E-state index in [0.29, 0.717) is 5.56 Å². The van der Waals surface area contributed by atoms with Crippen molar-refractivity contribution in [2.24, 2.45) is 0 Å². The number of likely N-dealkylation sites (N-methyl/N-ethyl adjacent to an activating group) is 1. The summed E-state index contributed by atoms with van der Waals surface area (Å²) >= 11 is 0. The van der Waals surface area contributed by atoms with E-state index in [1.807, 2.05) is 36.4 Å². The maximum absolute atomic E-state index is 8.89. The third-order valence-corrected chi connectivity index (χ3v) is 4.40. The Balaban J connectivity index is 1.57. The van der Waals surface area contributed by atoms with E-state index in [1.54, 1.807) is 6.20 Å². The summed E-state index contributed by atoms with van der Waals surface area (Å²) in [6.07, 6.45) is 1.84. The van der Waals surface area contributed by atoms with Gasteiger partial charge in [0.15, 0.2) is 5.82 Å². The molecular formula is C19H23N5O. The lowest BCUT2D eigenvalue weighted by Gasteiger charge is -2.35. The van der Waals surface area contributed by atoms with Crippen LogP contribution in [0.25, 0.3) is 0 Å². The number of nitriles is 1. The summed E-state index contributed by atoms with van der Waals surface area (Å²) in [7, 11) is 0. The van der Waals surface area contributed by atoms with Gasteiger partial charge in [0.2, 0.25) is 0 Å². The molecule has 0 amide bonds. The Hall–Kier alpha value is -2.49. The first kappa shape index (κ1) is 17.3. The van der Waals surface area contributed by atoms with E-state index in [1.165, 1.54) is 5.56 Å². The molecule has 0 radical (unpaired) electrons. The third kappa shape index (κ3) is 4.75. The number of ether oxygens (including phenoxy) is 1. The minimum absolute atomic E-state index is 0.147. The molecule has 6 nitrogen and oxygen atoms in total. The van der Waals surface area contributed by atoms with Gasteiger partial charge in [0, 0.05) is 38.9 Å². The van der Waals surface area contributed by atoms with Crippen molar-refractivity contribution in [2.45, 2.75) is 19.6 Å². The van der Waals surface area contributed by atoms with Crippen molar-refractivity contribution in [3.8, 4) is 6.07 Å². The Kier molecular flexibility index (Phi) is 5.94. The van der Waals surface area contributed by atoms with Crippen molar-refractivity contribution in [3.05, 3.63) is 53.7 Å². The molecule has 1 aromatic heterocycles. The summed E-state index contributed by atoms with van der Waals surface area (Å²) in [4.78, 5) is 4.60. The van der Waals surface area contributed by atoms with Gasteiger partial charge in [-0.3, -0.25) is 4.90 Å². The molecule has 0 bridgehead atoms. The number of anilines is 1. The predicted molar refractivity (Wildman–Crippen MR) is 96.1 cm³/mol. The second kappa shape index (κ2) is 8.56. The van der Waals surface area contributed by atoms with Gasteiger partial charge in [-0.25, -0.2) is 0 Å². The molecule has 1 atom stereocenters. The zero-order valence-electron chi connectivity index (χ0n) is 14.5. The quantitative estimate of drug-likeness (QED) is 0.804. The number of aromatic nitrogens is 2. The van der Waals surface area contributed by atoms with Gasteiger partial charge in [0.25, 0.3) is 0 Å². The zero-order valence-corrected chi connectivity index (χ0v) is 14.5. The molecule has 2 aromatic rings. The van der Waals surface area contributed by atoms with Gasteiger partial charge in [0.05, 0.1) is 24.3 Å². The Morgan fingerprint density at radius 2 is 2.16 bits per heavy atom. The second-order valence-corrected chi connectivity index (χ2v) is 6.16. The summed E-state index contributed by atoms with van der Waals surface area (Å²) in [6, 6.07) is 13.9. The van der Waals surface area contributed by atoms with Crippen LogP contribution in [0.1, 0.15) is 18.1 Å². The Morgan fingerprint density at radius 3 is 2.84 bits per heavy atom. The van der Waals surface area contributed by atoms with Gasteiger partial charge in [-0.2, -0.15) is 10.4 Å². The Bertz CT molecular complexity index is 698. The van der Waals surface area contributed by atoms with Crippen LogP contribution in [0.5, 0.6) is 0 Å². The fourth-order valence-corrected chi connectivity index (χ4v) is 3.07. The predicted octanol–water partition coefficient (Wildman–Crippen LogP) is 2.08. The molecule has 0 spiro atoms. The number of rotatable bonds is 6. The molecule has 6 heteroatoms. The fourth-order valence-electron chi connectivity index (χ4n) is 3.07. The molecule has 0 aliphatic carbocycles. The van der Waals surface area contributed by atoms with Crippen LogP contribution < -0.4 is 4.90 Å². The Morgan fingerprint density at radius 1 is 1.32 bits per heavy atom. The van der Waals surface area contributed by atoms with Crippen molar-refractivity contribution < 1.29 is 4.74 Å². The van der Waals surface area contributed by atoms with E-state index < -0.39 is 0 Å². The molecule has 1 unspecified atom stereocenters. The molecule has 1 fully saturated rings. The average Bonchev–Trinajstić information content (AvgIpc) is 2.68. The van der Waals surface area contributed by atoms with Gasteiger partial charge in [0.1, 0.15) is 0 Å². The first-order valence-electron chi connectivity index (χ1n) is 8.64. The second-order valence-electron chi connectivity index (χ2n) is 6.16. The lowest BCUT2D eigenvalue weighted by molar-refractivity contribution is -0.0268. The van der Waals surface area contributed by atoms with Crippen molar-refractivity contribution >= 4 is 5.82 Å². The highest BCUT2D eigenvalue weighted by atomic mass is 16.5. The topological polar surface area (TPSA) is 65.3 Å². The summed E-state index contributed by atoms with van der Waals surface area (Å²) in [5, 5.41) is 17.1. The van der Waals surface area contributed by atoms with E-state index in [4.69, 9.17) is 10.00 Å². The summed E-state index contributed by atoms with van der Waals surface area (Å²) in [5.74, 6) is 0.887. The van der Waals surface area contributed by atoms with Crippen LogP contribution in [0.15, 0.2) is 42.6 Å². The van der Waals surface area contributed by atoms with Gasteiger partial charge in [-0.15, -0.1) is 5.10 Å². The largest absolute Gasteiger partial charge is 0.374 e. The monoisotopic (exact) mass is 337 g/mol. The molecule has 1 aromatic carbocycles. The van der Waals surface area contributed by atoms with E-state index in [9.17, 15) is 0 Å². The molecule has 0 saturated carbocycles. The maximum atomic E-state index is 8.89. The molecule has 25 heavy (non-hydrogen) atoms. The molecular weight excluding hydrogens is 314 g/mol. The van der Waals surface area contributed by atoms with Gasteiger partial charge >= 0.3 is 0 Å².